The van der Waals surface area contributed by atoms with E-state index in [1.165, 1.54) is 11.1 Å². The molecule has 2 heterocycles. The van der Waals surface area contributed by atoms with Gasteiger partial charge in [-0.05, 0) is 23.6 Å². The smallest absolute Gasteiger partial charge is 0.191 e. The van der Waals surface area contributed by atoms with E-state index in [9.17, 15) is 0 Å². The van der Waals surface area contributed by atoms with Gasteiger partial charge in [-0.2, -0.15) is 0 Å². The van der Waals surface area contributed by atoms with E-state index >= 15 is 0 Å². The van der Waals surface area contributed by atoms with Crippen LogP contribution in [0.5, 0.6) is 0 Å². The summed E-state index contributed by atoms with van der Waals surface area (Å²) in [5.41, 5.74) is 3.85. The zero-order chi connectivity index (χ0) is 21.4. The van der Waals surface area contributed by atoms with E-state index in [1.807, 2.05) is 19.3 Å². The van der Waals surface area contributed by atoms with Gasteiger partial charge in [0.25, 0.3) is 0 Å². The molecule has 31 heavy (non-hydrogen) atoms. The van der Waals surface area contributed by atoms with Gasteiger partial charge in [-0.25, -0.2) is 4.98 Å². The lowest BCUT2D eigenvalue weighted by atomic mass is 9.84. The van der Waals surface area contributed by atoms with Crippen molar-refractivity contribution in [3.8, 4) is 0 Å². The number of anilines is 1. The standard InChI is InChI=1S/C24H35N5O.HI/c1-5-19-8-10-21(11-9-19)24(2,3)18-28-23(25-4)27-17-20-7-6-12-26-22(20)29-13-15-30-16-14-29;/h6-12H,5,13-18H2,1-4H3,(H2,25,27,28);1H. The number of rotatable bonds is 7. The SMILES string of the molecule is CCc1ccc(C(C)(C)CNC(=NC)NCc2cccnc2N2CCOCC2)cc1.I. The molecule has 0 saturated carbocycles. The maximum atomic E-state index is 5.48. The highest BCUT2D eigenvalue weighted by Gasteiger charge is 2.21. The predicted molar refractivity (Wildman–Crippen MR) is 140 cm³/mol. The van der Waals surface area contributed by atoms with Crippen LogP contribution in [0, 0.1) is 0 Å². The van der Waals surface area contributed by atoms with E-state index in [1.54, 1.807) is 0 Å². The van der Waals surface area contributed by atoms with E-state index in [2.05, 4.69) is 76.6 Å². The van der Waals surface area contributed by atoms with Crippen molar-refractivity contribution in [3.63, 3.8) is 0 Å². The quantitative estimate of drug-likeness (QED) is 0.320. The molecule has 1 aromatic carbocycles. The summed E-state index contributed by atoms with van der Waals surface area (Å²) >= 11 is 0. The van der Waals surface area contributed by atoms with E-state index in [0.717, 1.165) is 56.6 Å². The summed E-state index contributed by atoms with van der Waals surface area (Å²) in [6.07, 6.45) is 2.92. The molecule has 6 nitrogen and oxygen atoms in total. The van der Waals surface area contributed by atoms with Crippen LogP contribution in [-0.4, -0.2) is 50.8 Å². The number of aromatic nitrogens is 1. The molecule has 1 aliphatic rings. The number of guanidine groups is 1. The van der Waals surface area contributed by atoms with Crippen molar-refractivity contribution in [3.05, 3.63) is 59.3 Å². The van der Waals surface area contributed by atoms with Gasteiger partial charge in [0.1, 0.15) is 5.82 Å². The summed E-state index contributed by atoms with van der Waals surface area (Å²) < 4.78 is 5.48. The van der Waals surface area contributed by atoms with Gasteiger partial charge in [0.05, 0.1) is 13.2 Å². The lowest BCUT2D eigenvalue weighted by Gasteiger charge is -2.30. The van der Waals surface area contributed by atoms with Crippen LogP contribution in [0.1, 0.15) is 37.5 Å². The molecule has 1 aliphatic heterocycles. The van der Waals surface area contributed by atoms with E-state index in [-0.39, 0.29) is 29.4 Å². The fourth-order valence-electron chi connectivity index (χ4n) is 3.63. The summed E-state index contributed by atoms with van der Waals surface area (Å²) in [7, 11) is 1.81. The Bertz CT molecular complexity index is 832. The van der Waals surface area contributed by atoms with Crippen LogP contribution in [0.25, 0.3) is 0 Å². The van der Waals surface area contributed by atoms with Crippen molar-refractivity contribution >= 4 is 35.8 Å². The first kappa shape index (κ1) is 25.4. The Balaban J connectivity index is 0.00000341. The van der Waals surface area contributed by atoms with Gasteiger partial charge in [0, 0.05) is 50.4 Å². The first-order chi connectivity index (χ1) is 14.5. The van der Waals surface area contributed by atoms with Crippen molar-refractivity contribution < 1.29 is 4.74 Å². The van der Waals surface area contributed by atoms with Crippen molar-refractivity contribution in [1.29, 1.82) is 0 Å². The second kappa shape index (κ2) is 12.2. The molecular weight excluding hydrogens is 501 g/mol. The Hall–Kier alpha value is -1.87. The molecule has 0 unspecified atom stereocenters. The highest BCUT2D eigenvalue weighted by molar-refractivity contribution is 14.0. The van der Waals surface area contributed by atoms with Crippen LogP contribution < -0.4 is 15.5 Å². The number of halogens is 1. The second-order valence-electron chi connectivity index (χ2n) is 8.30. The van der Waals surface area contributed by atoms with Crippen LogP contribution in [0.4, 0.5) is 5.82 Å². The average Bonchev–Trinajstić information content (AvgIpc) is 2.80. The average molecular weight is 537 g/mol. The van der Waals surface area contributed by atoms with Crippen LogP contribution in [0.2, 0.25) is 0 Å². The Kier molecular flexibility index (Phi) is 10.0. The number of pyridine rings is 1. The van der Waals surface area contributed by atoms with Crippen molar-refractivity contribution in [1.82, 2.24) is 15.6 Å². The van der Waals surface area contributed by atoms with Crippen molar-refractivity contribution in [2.75, 3.05) is 44.8 Å². The number of morpholine rings is 1. The minimum atomic E-state index is -0.00282. The molecular formula is C24H36IN5O. The molecule has 3 rings (SSSR count). The third kappa shape index (κ3) is 7.07. The molecule has 0 aliphatic carbocycles. The third-order valence-electron chi connectivity index (χ3n) is 5.69. The fourth-order valence-corrected chi connectivity index (χ4v) is 3.63. The van der Waals surface area contributed by atoms with Crippen LogP contribution in [0.15, 0.2) is 47.6 Å². The number of aryl methyl sites for hydroxylation is 1. The zero-order valence-electron chi connectivity index (χ0n) is 19.1. The van der Waals surface area contributed by atoms with Gasteiger partial charge < -0.3 is 20.3 Å². The highest BCUT2D eigenvalue weighted by atomic mass is 127. The number of nitrogens with zero attached hydrogens (tertiary/aromatic N) is 3. The molecule has 0 spiro atoms. The van der Waals surface area contributed by atoms with Gasteiger partial charge in [-0.15, -0.1) is 24.0 Å². The highest BCUT2D eigenvalue weighted by Crippen LogP contribution is 2.23. The Labute approximate surface area is 203 Å². The predicted octanol–water partition coefficient (Wildman–Crippen LogP) is 3.74. The summed E-state index contributed by atoms with van der Waals surface area (Å²) in [4.78, 5) is 11.3. The molecule has 2 N–H and O–H groups in total. The molecule has 2 aromatic rings. The minimum Gasteiger partial charge on any atom is -0.378 e. The third-order valence-corrected chi connectivity index (χ3v) is 5.69. The Morgan fingerprint density at radius 1 is 1.13 bits per heavy atom. The Morgan fingerprint density at radius 2 is 1.84 bits per heavy atom. The zero-order valence-corrected chi connectivity index (χ0v) is 21.5. The normalized spacial score (nSPS) is 14.7. The van der Waals surface area contributed by atoms with E-state index in [4.69, 9.17) is 4.74 Å². The van der Waals surface area contributed by atoms with Crippen LogP contribution in [-0.2, 0) is 23.1 Å². The second-order valence-corrected chi connectivity index (χ2v) is 8.30. The Morgan fingerprint density at radius 3 is 2.48 bits per heavy atom. The van der Waals surface area contributed by atoms with Gasteiger partial charge in [0.2, 0.25) is 0 Å². The molecule has 0 radical (unpaired) electrons. The first-order valence-electron chi connectivity index (χ1n) is 10.8. The van der Waals surface area contributed by atoms with Gasteiger partial charge in [-0.1, -0.05) is 51.1 Å². The van der Waals surface area contributed by atoms with Crippen LogP contribution in [0.3, 0.4) is 0 Å². The maximum absolute atomic E-state index is 5.48. The van der Waals surface area contributed by atoms with Crippen molar-refractivity contribution in [2.24, 2.45) is 4.99 Å². The summed E-state index contributed by atoms with van der Waals surface area (Å²) in [6.45, 7) is 11.4. The van der Waals surface area contributed by atoms with Crippen LogP contribution >= 0.6 is 24.0 Å². The minimum absolute atomic E-state index is 0. The molecule has 1 saturated heterocycles. The van der Waals surface area contributed by atoms with Gasteiger partial charge >= 0.3 is 0 Å². The van der Waals surface area contributed by atoms with E-state index in [0.29, 0.717) is 6.54 Å². The number of nitrogens with one attached hydrogen (secondary N) is 2. The number of hydrogen-bond acceptors (Lipinski definition) is 4. The number of aliphatic imine (C=N–C) groups is 1. The monoisotopic (exact) mass is 537 g/mol. The topological polar surface area (TPSA) is 61.8 Å². The molecule has 0 bridgehead atoms. The molecule has 7 heteroatoms. The fraction of sp³-hybridized carbons (Fsp3) is 0.500. The molecule has 1 aromatic heterocycles. The molecule has 0 atom stereocenters. The van der Waals surface area contributed by atoms with Gasteiger partial charge in [0.15, 0.2) is 5.96 Å². The molecule has 170 valence electrons. The van der Waals surface area contributed by atoms with E-state index < -0.39 is 0 Å². The largest absolute Gasteiger partial charge is 0.378 e. The first-order valence-corrected chi connectivity index (χ1v) is 10.8. The number of benzene rings is 1. The maximum Gasteiger partial charge on any atom is 0.191 e. The molecule has 1 fully saturated rings. The molecule has 0 amide bonds. The lowest BCUT2D eigenvalue weighted by Crippen LogP contribution is -2.43. The summed E-state index contributed by atoms with van der Waals surface area (Å²) in [6, 6.07) is 13.0. The number of ether oxygens (including phenoxy) is 1. The number of hydrogen-bond donors (Lipinski definition) is 2. The summed E-state index contributed by atoms with van der Waals surface area (Å²) in [5.74, 6) is 1.82. The lowest BCUT2D eigenvalue weighted by molar-refractivity contribution is 0.122. The van der Waals surface area contributed by atoms with Gasteiger partial charge in [-0.3, -0.25) is 4.99 Å². The van der Waals surface area contributed by atoms with Crippen molar-refractivity contribution in [2.45, 2.75) is 39.2 Å². The summed E-state index contributed by atoms with van der Waals surface area (Å²) in [5, 5.41) is 6.94.